The molecular weight excluding hydrogens is 453 g/mol. The van der Waals surface area contributed by atoms with Gasteiger partial charge in [0.15, 0.2) is 5.69 Å². The van der Waals surface area contributed by atoms with E-state index in [1.165, 1.54) is 0 Å². The van der Waals surface area contributed by atoms with E-state index in [1.54, 1.807) is 0 Å². The number of carbonyl (C=O) groups excluding carboxylic acids is 2. The third-order valence-electron chi connectivity index (χ3n) is 6.03. The van der Waals surface area contributed by atoms with E-state index in [9.17, 15) is 27.0 Å². The average Bonchev–Trinajstić information content (AvgIpc) is 2.76. The van der Waals surface area contributed by atoms with E-state index >= 15 is 0 Å². The molecule has 178 valence electrons. The van der Waals surface area contributed by atoms with E-state index < -0.39 is 28.6 Å². The number of aryl methyl sites for hydroxylation is 3. The van der Waals surface area contributed by atoms with Gasteiger partial charge in [-0.3, -0.25) is 13.8 Å². The molecule has 0 bridgehead atoms. The number of hydrogen-bond acceptors (Lipinski definition) is 5. The number of hydrogen-bond donors (Lipinski definition) is 0. The highest BCUT2D eigenvalue weighted by molar-refractivity contribution is 7.84. The van der Waals surface area contributed by atoms with Crippen LogP contribution in [-0.4, -0.2) is 31.5 Å². The highest BCUT2D eigenvalue weighted by Crippen LogP contribution is 2.36. The highest BCUT2D eigenvalue weighted by atomic mass is 32.2. The van der Waals surface area contributed by atoms with Gasteiger partial charge in [-0.15, -0.1) is 0 Å². The van der Waals surface area contributed by atoms with Crippen molar-refractivity contribution in [2.45, 2.75) is 70.0 Å². The van der Waals surface area contributed by atoms with Gasteiger partial charge in [0.05, 0.1) is 23.2 Å². The van der Waals surface area contributed by atoms with Crippen molar-refractivity contribution in [1.82, 2.24) is 9.97 Å². The van der Waals surface area contributed by atoms with Crippen LogP contribution in [0, 0.1) is 12.8 Å². The Balaban J connectivity index is 1.68. The molecule has 1 aliphatic carbocycles. The molecular formula is C24H27F3N2O3S. The van der Waals surface area contributed by atoms with Gasteiger partial charge in [0.2, 0.25) is 0 Å². The topological polar surface area (TPSA) is 77.0 Å². The van der Waals surface area contributed by atoms with Crippen molar-refractivity contribution in [2.75, 3.05) is 5.75 Å². The molecule has 5 nitrogen and oxygen atoms in total. The molecule has 0 radical (unpaired) electrons. The number of ketones is 2. The van der Waals surface area contributed by atoms with E-state index in [1.807, 2.05) is 32.9 Å². The fourth-order valence-electron chi connectivity index (χ4n) is 4.45. The van der Waals surface area contributed by atoms with E-state index in [0.29, 0.717) is 12.6 Å². The van der Waals surface area contributed by atoms with E-state index in [0.717, 1.165) is 41.3 Å². The molecule has 1 saturated carbocycles. The number of rotatable bonds is 7. The van der Waals surface area contributed by atoms with Gasteiger partial charge in [0.25, 0.3) is 0 Å². The van der Waals surface area contributed by atoms with E-state index in [2.05, 4.69) is 9.97 Å². The second-order valence-electron chi connectivity index (χ2n) is 8.42. The minimum Gasteiger partial charge on any atom is -0.299 e. The van der Waals surface area contributed by atoms with Crippen LogP contribution >= 0.6 is 0 Å². The highest BCUT2D eigenvalue weighted by Gasteiger charge is 2.38. The smallest absolute Gasteiger partial charge is 0.299 e. The number of nitrogens with zero attached hydrogens (tertiary/aromatic N) is 2. The lowest BCUT2D eigenvalue weighted by Crippen LogP contribution is -2.33. The Kier molecular flexibility index (Phi) is 7.82. The molecule has 1 fully saturated rings. The van der Waals surface area contributed by atoms with Crippen molar-refractivity contribution >= 4 is 22.4 Å². The summed E-state index contributed by atoms with van der Waals surface area (Å²) in [5.74, 6) is -1.14. The Morgan fingerprint density at radius 2 is 1.58 bits per heavy atom. The van der Waals surface area contributed by atoms with E-state index in [-0.39, 0.29) is 41.1 Å². The maximum Gasteiger partial charge on any atom is 0.434 e. The molecule has 1 aliphatic rings. The monoisotopic (exact) mass is 480 g/mol. The number of Topliss-reactive ketones (excluding diaryl/α,β-unsaturated/α-hetero) is 2. The molecule has 33 heavy (non-hydrogen) atoms. The Labute approximate surface area is 193 Å². The summed E-state index contributed by atoms with van der Waals surface area (Å²) in [4.78, 5) is 33.0. The van der Waals surface area contributed by atoms with Crippen LogP contribution in [0.3, 0.4) is 0 Å². The SMILES string of the molecule is CCc1cc(C)cc(CC)c1C1C(=O)CC(CCS(=O)c2cnc(C(F)(F)F)cn2)CC1=O. The molecule has 0 aliphatic heterocycles. The summed E-state index contributed by atoms with van der Waals surface area (Å²) >= 11 is 0. The van der Waals surface area contributed by atoms with Gasteiger partial charge in [-0.1, -0.05) is 31.5 Å². The summed E-state index contributed by atoms with van der Waals surface area (Å²) in [6.07, 6.45) is -0.951. The summed E-state index contributed by atoms with van der Waals surface area (Å²) < 4.78 is 50.3. The molecule has 0 saturated heterocycles. The lowest BCUT2D eigenvalue weighted by molar-refractivity contribution is -0.141. The number of benzene rings is 1. The first-order valence-corrected chi connectivity index (χ1v) is 12.3. The quantitative estimate of drug-likeness (QED) is 0.534. The average molecular weight is 481 g/mol. The maximum atomic E-state index is 13.1. The van der Waals surface area contributed by atoms with Crippen molar-refractivity contribution in [3.05, 3.63) is 52.5 Å². The van der Waals surface area contributed by atoms with Crippen LogP contribution in [0.4, 0.5) is 13.2 Å². The Bertz CT molecular complexity index is 1020. The number of halogens is 3. The predicted octanol–water partition coefficient (Wildman–Crippen LogP) is 4.76. The molecule has 2 aromatic rings. The van der Waals surface area contributed by atoms with Crippen LogP contribution in [0.15, 0.2) is 29.6 Å². The van der Waals surface area contributed by atoms with Crippen molar-refractivity contribution in [1.29, 1.82) is 0 Å². The zero-order chi connectivity index (χ0) is 24.3. The van der Waals surface area contributed by atoms with Gasteiger partial charge in [-0.2, -0.15) is 13.2 Å². The molecule has 1 heterocycles. The third-order valence-corrected chi connectivity index (χ3v) is 7.32. The second-order valence-corrected chi connectivity index (χ2v) is 9.94. The summed E-state index contributed by atoms with van der Waals surface area (Å²) in [5, 5.41) is -0.0471. The summed E-state index contributed by atoms with van der Waals surface area (Å²) in [6, 6.07) is 4.07. The Morgan fingerprint density at radius 3 is 2.03 bits per heavy atom. The van der Waals surface area contributed by atoms with Crippen LogP contribution in [0.1, 0.15) is 67.0 Å². The second kappa shape index (κ2) is 10.2. The zero-order valence-corrected chi connectivity index (χ0v) is 19.7. The van der Waals surface area contributed by atoms with Gasteiger partial charge < -0.3 is 0 Å². The molecule has 1 aromatic heterocycles. The standard InChI is InChI=1S/C24H27F3N2O3S/c1-4-16-8-14(3)9-17(5-2)22(16)23-18(30)10-15(11-19(23)31)6-7-33(32)21-13-28-20(12-29-21)24(25,26)27/h8-9,12-13,15,23H,4-7,10-11H2,1-3H3. The molecule has 9 heteroatoms. The molecule has 3 rings (SSSR count). The number of aromatic nitrogens is 2. The number of carbonyl (C=O) groups is 2. The van der Waals surface area contributed by atoms with Crippen molar-refractivity contribution in [3.63, 3.8) is 0 Å². The Morgan fingerprint density at radius 1 is 1.00 bits per heavy atom. The van der Waals surface area contributed by atoms with Gasteiger partial charge in [-0.05, 0) is 48.8 Å². The van der Waals surface area contributed by atoms with Crippen LogP contribution in [0.5, 0.6) is 0 Å². The van der Waals surface area contributed by atoms with Gasteiger partial charge in [-0.25, -0.2) is 9.97 Å². The first-order valence-electron chi connectivity index (χ1n) is 11.0. The normalized spacial score (nSPS) is 20.2. The largest absolute Gasteiger partial charge is 0.434 e. The number of alkyl halides is 3. The summed E-state index contributed by atoms with van der Waals surface area (Å²) in [5.41, 5.74) is 2.86. The predicted molar refractivity (Wildman–Crippen MR) is 118 cm³/mol. The lowest BCUT2D eigenvalue weighted by Gasteiger charge is -2.29. The van der Waals surface area contributed by atoms with Crippen molar-refractivity contribution in [2.24, 2.45) is 5.92 Å². The zero-order valence-electron chi connectivity index (χ0n) is 18.9. The maximum absolute atomic E-state index is 13.1. The molecule has 1 atom stereocenters. The third kappa shape index (κ3) is 5.75. The van der Waals surface area contributed by atoms with Crippen molar-refractivity contribution in [3.8, 4) is 0 Å². The van der Waals surface area contributed by atoms with Crippen molar-refractivity contribution < 1.29 is 27.0 Å². The van der Waals surface area contributed by atoms with Gasteiger partial charge >= 0.3 is 6.18 Å². The molecule has 1 aromatic carbocycles. The van der Waals surface area contributed by atoms with E-state index in [4.69, 9.17) is 0 Å². The molecule has 0 spiro atoms. The molecule has 1 unspecified atom stereocenters. The first kappa shape index (κ1) is 25.2. The molecule has 0 N–H and O–H groups in total. The fourth-order valence-corrected chi connectivity index (χ4v) is 5.55. The lowest BCUT2D eigenvalue weighted by atomic mass is 9.73. The fraction of sp³-hybridized carbons (Fsp3) is 0.500. The van der Waals surface area contributed by atoms with Crippen LogP contribution in [0.2, 0.25) is 0 Å². The summed E-state index contributed by atoms with van der Waals surface area (Å²) in [7, 11) is -1.66. The van der Waals surface area contributed by atoms with Crippen LogP contribution in [-0.2, 0) is 39.4 Å². The summed E-state index contributed by atoms with van der Waals surface area (Å²) in [6.45, 7) is 6.03. The van der Waals surface area contributed by atoms with Crippen LogP contribution < -0.4 is 0 Å². The Hall–Kier alpha value is -2.42. The minimum absolute atomic E-state index is 0.0471. The first-order chi connectivity index (χ1) is 15.5. The van der Waals surface area contributed by atoms with Gasteiger partial charge in [0.1, 0.15) is 22.5 Å². The van der Waals surface area contributed by atoms with Gasteiger partial charge in [0, 0.05) is 18.6 Å². The minimum atomic E-state index is -4.61. The van der Waals surface area contributed by atoms with Crippen LogP contribution in [0.25, 0.3) is 0 Å². The molecule has 0 amide bonds.